The normalized spacial score (nSPS) is 22.5. The van der Waals surface area contributed by atoms with Crippen LogP contribution in [0.25, 0.3) is 0 Å². The molecule has 2 heterocycles. The van der Waals surface area contributed by atoms with E-state index < -0.39 is 6.10 Å². The van der Waals surface area contributed by atoms with Gasteiger partial charge in [-0.3, -0.25) is 10.2 Å². The maximum absolute atomic E-state index is 11.2. The molecule has 2 aromatic rings. The summed E-state index contributed by atoms with van der Waals surface area (Å²) < 4.78 is 0. The molecule has 4 rings (SSSR count). The number of anilines is 1. The first-order chi connectivity index (χ1) is 13.6. The minimum absolute atomic E-state index is 0.0286. The number of rotatable bonds is 5. The molecule has 2 aliphatic heterocycles. The number of hydrogen-bond acceptors (Lipinski definition) is 5. The van der Waals surface area contributed by atoms with Crippen molar-refractivity contribution in [2.75, 3.05) is 51.3 Å². The van der Waals surface area contributed by atoms with Gasteiger partial charge in [0.25, 0.3) is 0 Å². The van der Waals surface area contributed by atoms with Crippen molar-refractivity contribution in [3.63, 3.8) is 0 Å². The summed E-state index contributed by atoms with van der Waals surface area (Å²) >= 11 is 5.98. The highest BCUT2D eigenvalue weighted by Gasteiger charge is 2.31. The SMILES string of the molecule is CN1CCN(c2ccccc2C(O)C2CN(Cc3ccc(Cl)cc3)CN2)CC1. The predicted octanol–water partition coefficient (Wildman–Crippen LogP) is 2.56. The Morgan fingerprint density at radius 3 is 2.54 bits per heavy atom. The number of nitrogens with zero attached hydrogens (tertiary/aromatic N) is 3. The molecule has 2 aliphatic rings. The van der Waals surface area contributed by atoms with Crippen LogP contribution in [0.15, 0.2) is 48.5 Å². The van der Waals surface area contributed by atoms with E-state index in [1.165, 1.54) is 11.3 Å². The molecule has 0 bridgehead atoms. The number of aliphatic hydroxyl groups is 1. The number of hydrogen-bond donors (Lipinski definition) is 2. The highest BCUT2D eigenvalue weighted by molar-refractivity contribution is 6.30. The van der Waals surface area contributed by atoms with E-state index in [9.17, 15) is 5.11 Å². The van der Waals surface area contributed by atoms with Gasteiger partial charge in [0.1, 0.15) is 0 Å². The first kappa shape index (κ1) is 19.7. The van der Waals surface area contributed by atoms with E-state index in [1.54, 1.807) is 0 Å². The van der Waals surface area contributed by atoms with Gasteiger partial charge in [0.15, 0.2) is 0 Å². The maximum atomic E-state index is 11.2. The van der Waals surface area contributed by atoms with Crippen molar-refractivity contribution in [3.05, 3.63) is 64.7 Å². The highest BCUT2D eigenvalue weighted by Crippen LogP contribution is 2.30. The topological polar surface area (TPSA) is 42.0 Å². The van der Waals surface area contributed by atoms with Crippen molar-refractivity contribution in [2.45, 2.75) is 18.7 Å². The molecule has 0 aliphatic carbocycles. The quantitative estimate of drug-likeness (QED) is 0.807. The molecular formula is C22H29ClN4O. The van der Waals surface area contributed by atoms with E-state index in [-0.39, 0.29) is 6.04 Å². The smallest absolute Gasteiger partial charge is 0.0975 e. The lowest BCUT2D eigenvalue weighted by Crippen LogP contribution is -2.45. The van der Waals surface area contributed by atoms with Gasteiger partial charge < -0.3 is 14.9 Å². The standard InChI is InChI=1S/C22H29ClN4O/c1-25-10-12-27(13-11-25)21-5-3-2-4-19(21)22(28)20-15-26(16-24-20)14-17-6-8-18(23)9-7-17/h2-9,20,22,24,28H,10-16H2,1H3. The zero-order valence-corrected chi connectivity index (χ0v) is 17.1. The second kappa shape index (κ2) is 8.80. The van der Waals surface area contributed by atoms with Crippen molar-refractivity contribution >= 4 is 17.3 Å². The number of halogens is 1. The van der Waals surface area contributed by atoms with Crippen LogP contribution in [-0.2, 0) is 6.54 Å². The number of benzene rings is 2. The largest absolute Gasteiger partial charge is 0.387 e. The molecule has 6 heteroatoms. The first-order valence-electron chi connectivity index (χ1n) is 10.0. The fourth-order valence-corrected chi connectivity index (χ4v) is 4.25. The molecule has 0 spiro atoms. The van der Waals surface area contributed by atoms with Gasteiger partial charge in [0.05, 0.1) is 12.1 Å². The van der Waals surface area contributed by atoms with Crippen LogP contribution < -0.4 is 10.2 Å². The third-order valence-corrected chi connectivity index (χ3v) is 6.08. The third kappa shape index (κ3) is 4.50. The molecular weight excluding hydrogens is 372 g/mol. The van der Waals surface area contributed by atoms with Crippen LogP contribution in [-0.4, -0.2) is 67.4 Å². The van der Waals surface area contributed by atoms with Crippen molar-refractivity contribution in [1.82, 2.24) is 15.1 Å². The molecule has 2 fully saturated rings. The lowest BCUT2D eigenvalue weighted by Gasteiger charge is -2.36. The predicted molar refractivity (Wildman–Crippen MR) is 115 cm³/mol. The fourth-order valence-electron chi connectivity index (χ4n) is 4.12. The molecule has 2 N–H and O–H groups in total. The van der Waals surface area contributed by atoms with Gasteiger partial charge in [-0.15, -0.1) is 0 Å². The summed E-state index contributed by atoms with van der Waals surface area (Å²) in [5, 5.41) is 15.4. The maximum Gasteiger partial charge on any atom is 0.0975 e. The van der Waals surface area contributed by atoms with E-state index >= 15 is 0 Å². The summed E-state index contributed by atoms with van der Waals surface area (Å²) in [7, 11) is 2.16. The lowest BCUT2D eigenvalue weighted by molar-refractivity contribution is 0.137. The Kier molecular flexibility index (Phi) is 6.19. The number of piperazine rings is 1. The number of nitrogens with one attached hydrogen (secondary N) is 1. The Morgan fingerprint density at radius 1 is 1.07 bits per heavy atom. The fraction of sp³-hybridized carbons (Fsp3) is 0.455. The van der Waals surface area contributed by atoms with E-state index in [0.29, 0.717) is 0 Å². The first-order valence-corrected chi connectivity index (χ1v) is 10.4. The molecule has 2 atom stereocenters. The molecule has 0 amide bonds. The number of likely N-dealkylation sites (N-methyl/N-ethyl adjacent to an activating group) is 1. The van der Waals surface area contributed by atoms with Crippen LogP contribution in [0.5, 0.6) is 0 Å². The van der Waals surface area contributed by atoms with Crippen LogP contribution in [0, 0.1) is 0 Å². The Labute approximate surface area is 172 Å². The number of para-hydroxylation sites is 1. The van der Waals surface area contributed by atoms with Gasteiger partial charge in [0, 0.05) is 62.2 Å². The molecule has 2 saturated heterocycles. The summed E-state index contributed by atoms with van der Waals surface area (Å²) in [6, 6.07) is 16.3. The summed E-state index contributed by atoms with van der Waals surface area (Å²) in [6.07, 6.45) is -0.522. The highest BCUT2D eigenvalue weighted by atomic mass is 35.5. The Hall–Kier alpha value is -1.63. The second-order valence-corrected chi connectivity index (χ2v) is 8.34. The Morgan fingerprint density at radius 2 is 1.79 bits per heavy atom. The Bertz CT molecular complexity index is 776. The number of aliphatic hydroxyl groups excluding tert-OH is 1. The summed E-state index contributed by atoms with van der Waals surface area (Å²) in [5.74, 6) is 0. The summed E-state index contributed by atoms with van der Waals surface area (Å²) in [6.45, 7) is 6.57. The average Bonchev–Trinajstić information content (AvgIpc) is 3.18. The minimum Gasteiger partial charge on any atom is -0.387 e. The van der Waals surface area contributed by atoms with Gasteiger partial charge in [-0.05, 0) is 30.8 Å². The van der Waals surface area contributed by atoms with E-state index in [4.69, 9.17) is 11.6 Å². The second-order valence-electron chi connectivity index (χ2n) is 7.90. The van der Waals surface area contributed by atoms with E-state index in [1.807, 2.05) is 18.2 Å². The zero-order valence-electron chi connectivity index (χ0n) is 16.4. The van der Waals surface area contributed by atoms with Crippen molar-refractivity contribution in [1.29, 1.82) is 0 Å². The molecule has 2 unspecified atom stereocenters. The summed E-state index contributed by atoms with van der Waals surface area (Å²) in [4.78, 5) is 7.08. The minimum atomic E-state index is -0.522. The molecule has 2 aromatic carbocycles. The van der Waals surface area contributed by atoms with Crippen LogP contribution in [0.1, 0.15) is 17.2 Å². The van der Waals surface area contributed by atoms with Gasteiger partial charge in [-0.1, -0.05) is 41.9 Å². The third-order valence-electron chi connectivity index (χ3n) is 5.83. The van der Waals surface area contributed by atoms with Crippen LogP contribution in [0.3, 0.4) is 0 Å². The summed E-state index contributed by atoms with van der Waals surface area (Å²) in [5.41, 5.74) is 3.43. The van der Waals surface area contributed by atoms with Gasteiger partial charge >= 0.3 is 0 Å². The van der Waals surface area contributed by atoms with Gasteiger partial charge in [0.2, 0.25) is 0 Å². The van der Waals surface area contributed by atoms with Gasteiger partial charge in [-0.2, -0.15) is 0 Å². The van der Waals surface area contributed by atoms with E-state index in [2.05, 4.69) is 57.4 Å². The van der Waals surface area contributed by atoms with Crippen molar-refractivity contribution < 1.29 is 5.11 Å². The van der Waals surface area contributed by atoms with E-state index in [0.717, 1.165) is 56.5 Å². The molecule has 0 aromatic heterocycles. The molecule has 0 radical (unpaired) electrons. The Balaban J connectivity index is 1.42. The molecule has 28 heavy (non-hydrogen) atoms. The van der Waals surface area contributed by atoms with Crippen LogP contribution in [0.2, 0.25) is 5.02 Å². The van der Waals surface area contributed by atoms with Crippen molar-refractivity contribution in [3.8, 4) is 0 Å². The lowest BCUT2D eigenvalue weighted by atomic mass is 9.99. The molecule has 150 valence electrons. The molecule has 5 nitrogen and oxygen atoms in total. The zero-order chi connectivity index (χ0) is 19.5. The van der Waals surface area contributed by atoms with Crippen LogP contribution >= 0.6 is 11.6 Å². The average molecular weight is 401 g/mol. The monoisotopic (exact) mass is 400 g/mol. The van der Waals surface area contributed by atoms with Crippen molar-refractivity contribution in [2.24, 2.45) is 0 Å². The van der Waals surface area contributed by atoms with Gasteiger partial charge in [-0.25, -0.2) is 0 Å². The van der Waals surface area contributed by atoms with Crippen LogP contribution in [0.4, 0.5) is 5.69 Å². The molecule has 0 saturated carbocycles.